The van der Waals surface area contributed by atoms with Crippen molar-refractivity contribution in [3.63, 3.8) is 0 Å². The first-order chi connectivity index (χ1) is 13.8. The Kier molecular flexibility index (Phi) is 7.11. The van der Waals surface area contributed by atoms with Gasteiger partial charge in [0.2, 0.25) is 0 Å². The molecule has 1 aliphatic heterocycles. The van der Waals surface area contributed by atoms with Crippen molar-refractivity contribution in [2.75, 3.05) is 25.0 Å². The van der Waals surface area contributed by atoms with Gasteiger partial charge in [0.15, 0.2) is 6.61 Å². The van der Waals surface area contributed by atoms with Crippen LogP contribution >= 0.6 is 23.8 Å². The number of nitrogens with one attached hydrogen (secondary N) is 1. The third-order valence-electron chi connectivity index (χ3n) is 4.58. The molecular weight excluding hydrogens is 408 g/mol. The average Bonchev–Trinajstić information content (AvgIpc) is 2.67. The lowest BCUT2D eigenvalue weighted by Gasteiger charge is -2.37. The standard InChI is InChI=1S/C22H25ClN2O3S/c1-14-4-7-18(8-5-14)24-21(26)13-27-20-9-6-17(10-19(20)23)22(29)25-11-15(2)28-16(3)12-25/h4-10,15-16H,11-13H2,1-3H3,(H,24,26)/t15-,16-/m0/s1. The number of rotatable bonds is 5. The second-order valence-electron chi connectivity index (χ2n) is 7.32. The smallest absolute Gasteiger partial charge is 0.262 e. The predicted octanol–water partition coefficient (Wildman–Crippen LogP) is 4.45. The van der Waals surface area contributed by atoms with E-state index in [1.54, 1.807) is 12.1 Å². The highest BCUT2D eigenvalue weighted by Crippen LogP contribution is 2.27. The van der Waals surface area contributed by atoms with E-state index in [0.29, 0.717) is 10.8 Å². The Morgan fingerprint density at radius 3 is 2.48 bits per heavy atom. The fourth-order valence-electron chi connectivity index (χ4n) is 3.25. The first-order valence-electron chi connectivity index (χ1n) is 9.55. The molecule has 0 bridgehead atoms. The minimum absolute atomic E-state index is 0.127. The molecule has 3 rings (SSSR count). The summed E-state index contributed by atoms with van der Waals surface area (Å²) in [4.78, 5) is 15.0. The first-order valence-corrected chi connectivity index (χ1v) is 10.3. The molecule has 5 nitrogen and oxygen atoms in total. The van der Waals surface area contributed by atoms with Crippen LogP contribution in [0, 0.1) is 6.92 Å². The Labute approximate surface area is 181 Å². The first kappa shape index (κ1) is 21.6. The zero-order chi connectivity index (χ0) is 21.0. The molecule has 1 aliphatic rings. The summed E-state index contributed by atoms with van der Waals surface area (Å²) in [7, 11) is 0. The summed E-state index contributed by atoms with van der Waals surface area (Å²) < 4.78 is 11.4. The van der Waals surface area contributed by atoms with Crippen LogP contribution < -0.4 is 10.1 Å². The highest BCUT2D eigenvalue weighted by atomic mass is 35.5. The second kappa shape index (κ2) is 9.57. The van der Waals surface area contributed by atoms with Crippen molar-refractivity contribution in [2.24, 2.45) is 0 Å². The molecule has 29 heavy (non-hydrogen) atoms. The van der Waals surface area contributed by atoms with Crippen LogP contribution in [0.1, 0.15) is 25.0 Å². The van der Waals surface area contributed by atoms with Crippen molar-refractivity contribution >= 4 is 40.4 Å². The quantitative estimate of drug-likeness (QED) is 0.707. The number of morpholine rings is 1. The van der Waals surface area contributed by atoms with E-state index in [1.165, 1.54) is 0 Å². The molecule has 1 N–H and O–H groups in total. The number of hydrogen-bond donors (Lipinski definition) is 1. The second-order valence-corrected chi connectivity index (χ2v) is 8.11. The lowest BCUT2D eigenvalue weighted by Crippen LogP contribution is -2.47. The van der Waals surface area contributed by atoms with Crippen LogP contribution in [0.2, 0.25) is 5.02 Å². The van der Waals surface area contributed by atoms with E-state index in [9.17, 15) is 4.79 Å². The third-order valence-corrected chi connectivity index (χ3v) is 5.37. The number of benzene rings is 2. The number of nitrogens with zero attached hydrogens (tertiary/aromatic N) is 1. The Balaban J connectivity index is 1.58. The summed E-state index contributed by atoms with van der Waals surface area (Å²) in [6, 6.07) is 13.0. The molecule has 0 aromatic heterocycles. The lowest BCUT2D eigenvalue weighted by molar-refractivity contribution is -0.118. The van der Waals surface area contributed by atoms with E-state index in [1.807, 2.05) is 51.1 Å². The van der Waals surface area contributed by atoms with Crippen LogP contribution in [-0.2, 0) is 9.53 Å². The Morgan fingerprint density at radius 2 is 1.86 bits per heavy atom. The molecule has 2 aromatic rings. The van der Waals surface area contributed by atoms with E-state index >= 15 is 0 Å². The topological polar surface area (TPSA) is 50.8 Å². The van der Waals surface area contributed by atoms with Crippen LogP contribution in [0.15, 0.2) is 42.5 Å². The van der Waals surface area contributed by atoms with Gasteiger partial charge in [0.05, 0.1) is 17.2 Å². The number of aryl methyl sites for hydroxylation is 1. The van der Waals surface area contributed by atoms with E-state index in [-0.39, 0.29) is 24.7 Å². The summed E-state index contributed by atoms with van der Waals surface area (Å²) in [5, 5.41) is 3.21. The summed E-state index contributed by atoms with van der Waals surface area (Å²) in [6.07, 6.45) is 0.253. The van der Waals surface area contributed by atoms with Gasteiger partial charge in [-0.1, -0.05) is 41.5 Å². The van der Waals surface area contributed by atoms with Gasteiger partial charge in [-0.3, -0.25) is 4.79 Å². The predicted molar refractivity (Wildman–Crippen MR) is 120 cm³/mol. The van der Waals surface area contributed by atoms with E-state index < -0.39 is 0 Å². The number of amides is 1. The average molecular weight is 433 g/mol. The highest BCUT2D eigenvalue weighted by molar-refractivity contribution is 7.80. The number of halogens is 1. The van der Waals surface area contributed by atoms with Crippen LogP contribution in [0.3, 0.4) is 0 Å². The van der Waals surface area contributed by atoms with Crippen LogP contribution in [0.4, 0.5) is 5.69 Å². The van der Waals surface area contributed by atoms with Crippen molar-refractivity contribution in [3.8, 4) is 5.75 Å². The number of carbonyl (C=O) groups is 1. The molecule has 0 spiro atoms. The highest BCUT2D eigenvalue weighted by Gasteiger charge is 2.24. The zero-order valence-electron chi connectivity index (χ0n) is 16.8. The van der Waals surface area contributed by atoms with Crippen molar-refractivity contribution in [2.45, 2.75) is 33.0 Å². The fraction of sp³-hybridized carbons (Fsp3) is 0.364. The van der Waals surface area contributed by atoms with Gasteiger partial charge in [0, 0.05) is 24.3 Å². The van der Waals surface area contributed by atoms with Crippen molar-refractivity contribution in [1.82, 2.24) is 4.90 Å². The van der Waals surface area contributed by atoms with Gasteiger partial charge in [-0.05, 0) is 51.1 Å². The maximum Gasteiger partial charge on any atom is 0.262 e. The Bertz CT molecular complexity index is 878. The molecule has 1 saturated heterocycles. The van der Waals surface area contributed by atoms with Gasteiger partial charge in [-0.15, -0.1) is 0 Å². The molecule has 0 saturated carbocycles. The lowest BCUT2D eigenvalue weighted by atomic mass is 10.1. The van der Waals surface area contributed by atoms with E-state index in [2.05, 4.69) is 10.2 Å². The van der Waals surface area contributed by atoms with E-state index in [0.717, 1.165) is 34.9 Å². The van der Waals surface area contributed by atoms with Crippen molar-refractivity contribution in [3.05, 3.63) is 58.6 Å². The summed E-state index contributed by atoms with van der Waals surface area (Å²) in [6.45, 7) is 7.44. The molecule has 0 unspecified atom stereocenters. The largest absolute Gasteiger partial charge is 0.482 e. The van der Waals surface area contributed by atoms with Gasteiger partial charge in [0.1, 0.15) is 10.7 Å². The van der Waals surface area contributed by atoms with Gasteiger partial charge in [-0.2, -0.15) is 0 Å². The van der Waals surface area contributed by atoms with Gasteiger partial charge >= 0.3 is 0 Å². The number of anilines is 1. The molecule has 1 heterocycles. The molecule has 0 aliphatic carbocycles. The van der Waals surface area contributed by atoms with Crippen molar-refractivity contribution < 1.29 is 14.3 Å². The van der Waals surface area contributed by atoms with Crippen LogP contribution in [0.5, 0.6) is 5.75 Å². The molecule has 0 radical (unpaired) electrons. The molecule has 2 aromatic carbocycles. The summed E-state index contributed by atoms with van der Waals surface area (Å²) >= 11 is 12.0. The number of hydrogen-bond acceptors (Lipinski definition) is 4. The molecule has 7 heteroatoms. The molecular formula is C22H25ClN2O3S. The van der Waals surface area contributed by atoms with Gasteiger partial charge in [-0.25, -0.2) is 0 Å². The maximum atomic E-state index is 12.1. The SMILES string of the molecule is Cc1ccc(NC(=O)COc2ccc(C(=S)N3C[C@H](C)O[C@@H](C)C3)cc2Cl)cc1. The normalized spacial score (nSPS) is 19.0. The van der Waals surface area contributed by atoms with Crippen molar-refractivity contribution in [1.29, 1.82) is 0 Å². The van der Waals surface area contributed by atoms with Gasteiger partial charge in [0.25, 0.3) is 5.91 Å². The van der Waals surface area contributed by atoms with Crippen LogP contribution in [-0.4, -0.2) is 47.7 Å². The van der Waals surface area contributed by atoms with Gasteiger partial charge < -0.3 is 19.7 Å². The fourth-order valence-corrected chi connectivity index (χ4v) is 3.77. The minimum Gasteiger partial charge on any atom is -0.482 e. The monoisotopic (exact) mass is 432 g/mol. The maximum absolute atomic E-state index is 12.1. The summed E-state index contributed by atoms with van der Waals surface area (Å²) in [5.41, 5.74) is 2.71. The molecule has 1 fully saturated rings. The number of ether oxygens (including phenoxy) is 2. The molecule has 2 atom stereocenters. The number of thiocarbonyl (C=S) groups is 1. The van der Waals surface area contributed by atoms with E-state index in [4.69, 9.17) is 33.3 Å². The molecule has 154 valence electrons. The minimum atomic E-state index is -0.249. The molecule has 1 amide bonds. The third kappa shape index (κ3) is 5.92. The zero-order valence-corrected chi connectivity index (χ0v) is 18.3. The Hall–Kier alpha value is -2.15. The summed E-state index contributed by atoms with van der Waals surface area (Å²) in [5.74, 6) is 0.196. The van der Waals surface area contributed by atoms with Crippen LogP contribution in [0.25, 0.3) is 0 Å². The Morgan fingerprint density at radius 1 is 1.21 bits per heavy atom. The number of carbonyl (C=O) groups excluding carboxylic acids is 1.